The molecule has 0 aromatic heterocycles. The van der Waals surface area contributed by atoms with Crippen LogP contribution in [-0.2, 0) is 14.3 Å². The molecule has 0 unspecified atom stereocenters. The van der Waals surface area contributed by atoms with E-state index in [-0.39, 0.29) is 47.4 Å². The molecule has 7 atom stereocenters. The number of aliphatic hydroxyl groups is 1. The van der Waals surface area contributed by atoms with Gasteiger partial charge in [-0.2, -0.15) is 0 Å². The van der Waals surface area contributed by atoms with Crippen LogP contribution in [0, 0.1) is 29.6 Å². The summed E-state index contributed by atoms with van der Waals surface area (Å²) < 4.78 is 5.54. The van der Waals surface area contributed by atoms with Crippen molar-refractivity contribution < 1.29 is 19.4 Å². The molecule has 4 nitrogen and oxygen atoms in total. The zero-order chi connectivity index (χ0) is 13.9. The van der Waals surface area contributed by atoms with Crippen LogP contribution < -0.4 is 0 Å². The zero-order valence-corrected chi connectivity index (χ0v) is 11.3. The number of carbonyl (C=O) groups excluding carboxylic acids is 2. The first kappa shape index (κ1) is 12.9. The van der Waals surface area contributed by atoms with Gasteiger partial charge < -0.3 is 9.84 Å². The highest BCUT2D eigenvalue weighted by Gasteiger charge is 2.56. The van der Waals surface area contributed by atoms with Gasteiger partial charge in [-0.05, 0) is 17.9 Å². The van der Waals surface area contributed by atoms with E-state index in [0.717, 1.165) is 5.57 Å². The molecule has 0 aromatic carbocycles. The van der Waals surface area contributed by atoms with Crippen molar-refractivity contribution >= 4 is 11.8 Å². The molecule has 19 heavy (non-hydrogen) atoms. The van der Waals surface area contributed by atoms with Gasteiger partial charge in [-0.25, -0.2) is 0 Å². The average molecular weight is 264 g/mol. The molecule has 3 rings (SSSR count). The Hall–Kier alpha value is -1.16. The molecule has 0 bridgehead atoms. The summed E-state index contributed by atoms with van der Waals surface area (Å²) in [5, 5.41) is 10.3. The Labute approximate surface area is 112 Å². The molecule has 0 spiro atoms. The zero-order valence-electron chi connectivity index (χ0n) is 11.3. The minimum Gasteiger partial charge on any atom is -0.461 e. The lowest BCUT2D eigenvalue weighted by Crippen LogP contribution is -2.32. The maximum atomic E-state index is 12.0. The Morgan fingerprint density at radius 2 is 1.95 bits per heavy atom. The summed E-state index contributed by atoms with van der Waals surface area (Å²) in [5.74, 6) is -0.351. The van der Waals surface area contributed by atoms with Gasteiger partial charge in [-0.3, -0.25) is 9.59 Å². The van der Waals surface area contributed by atoms with Crippen LogP contribution >= 0.6 is 0 Å². The second kappa shape index (κ2) is 4.17. The number of hydrogen-bond acceptors (Lipinski definition) is 4. The molecule has 0 radical (unpaired) electrons. The van der Waals surface area contributed by atoms with Crippen molar-refractivity contribution in [2.45, 2.75) is 38.9 Å². The van der Waals surface area contributed by atoms with Crippen molar-refractivity contribution in [3.63, 3.8) is 0 Å². The van der Waals surface area contributed by atoms with Gasteiger partial charge in [0, 0.05) is 24.2 Å². The molecule has 0 aromatic rings. The Bertz CT molecular complexity index is 455. The van der Waals surface area contributed by atoms with Crippen LogP contribution in [0.4, 0.5) is 0 Å². The maximum absolute atomic E-state index is 12.0. The Morgan fingerprint density at radius 3 is 2.63 bits per heavy atom. The second-order valence-electron chi connectivity index (χ2n) is 6.32. The predicted molar refractivity (Wildman–Crippen MR) is 68.1 cm³/mol. The monoisotopic (exact) mass is 264 g/mol. The highest BCUT2D eigenvalue weighted by atomic mass is 16.6. The van der Waals surface area contributed by atoms with E-state index in [4.69, 9.17) is 4.74 Å². The van der Waals surface area contributed by atoms with E-state index in [1.165, 1.54) is 0 Å². The Balaban J connectivity index is 2.02. The summed E-state index contributed by atoms with van der Waals surface area (Å²) >= 11 is 0. The Kier molecular flexibility index (Phi) is 2.82. The minimum atomic E-state index is -0.627. The van der Waals surface area contributed by atoms with Gasteiger partial charge >= 0.3 is 5.97 Å². The van der Waals surface area contributed by atoms with Crippen molar-refractivity contribution in [3.8, 4) is 0 Å². The van der Waals surface area contributed by atoms with Crippen LogP contribution in [0.3, 0.4) is 0 Å². The van der Waals surface area contributed by atoms with Crippen molar-refractivity contribution in [1.82, 2.24) is 0 Å². The fourth-order valence-corrected chi connectivity index (χ4v) is 4.14. The SMILES string of the molecule is C=C1[C@@H](O)C[C@@H]2[C@H](OC(=O)[C@H]2C)[C@H]2[C@H](C)C(=O)C[C@@H]12. The molecule has 2 saturated carbocycles. The number of fused-ring (bicyclic) bond motifs is 3. The summed E-state index contributed by atoms with van der Waals surface area (Å²) in [6.07, 6.45) is 0.0849. The molecule has 1 heterocycles. The summed E-state index contributed by atoms with van der Waals surface area (Å²) in [7, 11) is 0. The molecule has 3 aliphatic rings. The number of aliphatic hydroxyl groups excluding tert-OH is 1. The second-order valence-corrected chi connectivity index (χ2v) is 6.32. The molecule has 2 aliphatic carbocycles. The fraction of sp³-hybridized carbons (Fsp3) is 0.733. The normalized spacial score (nSPS) is 49.6. The van der Waals surface area contributed by atoms with Gasteiger partial charge in [0.15, 0.2) is 0 Å². The van der Waals surface area contributed by atoms with Gasteiger partial charge in [-0.15, -0.1) is 0 Å². The van der Waals surface area contributed by atoms with E-state index >= 15 is 0 Å². The third-order valence-electron chi connectivity index (χ3n) is 5.44. The van der Waals surface area contributed by atoms with Gasteiger partial charge in [-0.1, -0.05) is 20.4 Å². The van der Waals surface area contributed by atoms with Crippen LogP contribution in [0.25, 0.3) is 0 Å². The van der Waals surface area contributed by atoms with Crippen LogP contribution in [0.1, 0.15) is 26.7 Å². The Morgan fingerprint density at radius 1 is 1.26 bits per heavy atom. The smallest absolute Gasteiger partial charge is 0.309 e. The van der Waals surface area contributed by atoms with Crippen molar-refractivity contribution in [2.24, 2.45) is 29.6 Å². The lowest BCUT2D eigenvalue weighted by Gasteiger charge is -2.27. The number of hydrogen-bond donors (Lipinski definition) is 1. The average Bonchev–Trinajstić information content (AvgIpc) is 2.77. The van der Waals surface area contributed by atoms with Gasteiger partial charge in [0.05, 0.1) is 12.0 Å². The molecular weight excluding hydrogens is 244 g/mol. The van der Waals surface area contributed by atoms with Crippen LogP contribution in [0.2, 0.25) is 0 Å². The lowest BCUT2D eigenvalue weighted by atomic mass is 9.78. The van der Waals surface area contributed by atoms with Gasteiger partial charge in [0.2, 0.25) is 0 Å². The van der Waals surface area contributed by atoms with Crippen LogP contribution in [0.15, 0.2) is 12.2 Å². The van der Waals surface area contributed by atoms with E-state index in [2.05, 4.69) is 6.58 Å². The summed E-state index contributed by atoms with van der Waals surface area (Å²) in [6.45, 7) is 7.76. The van der Waals surface area contributed by atoms with Crippen LogP contribution in [0.5, 0.6) is 0 Å². The molecule has 1 N–H and O–H groups in total. The van der Waals surface area contributed by atoms with Crippen LogP contribution in [-0.4, -0.2) is 29.1 Å². The minimum absolute atomic E-state index is 0.00241. The molecule has 4 heteroatoms. The number of ketones is 1. The first-order valence-electron chi connectivity index (χ1n) is 7.01. The molecule has 1 aliphatic heterocycles. The standard InChI is InChI=1S/C15H20O4/c1-6-9-4-12(17)8(3)13(9)14-10(5-11(6)16)7(2)15(18)19-14/h7-11,13-14,16H,1,4-5H2,2-3H3/t7-,8+,9-,10-,11-,13-,14-/m0/s1. The molecule has 1 saturated heterocycles. The summed E-state index contributed by atoms with van der Waals surface area (Å²) in [4.78, 5) is 23.8. The predicted octanol–water partition coefficient (Wildman–Crippen LogP) is 1.33. The van der Waals surface area contributed by atoms with Crippen molar-refractivity contribution in [1.29, 1.82) is 0 Å². The largest absolute Gasteiger partial charge is 0.461 e. The highest BCUT2D eigenvalue weighted by molar-refractivity contribution is 5.85. The third-order valence-corrected chi connectivity index (χ3v) is 5.44. The fourth-order valence-electron chi connectivity index (χ4n) is 4.14. The number of carbonyl (C=O) groups is 2. The molecular formula is C15H20O4. The van der Waals surface area contributed by atoms with Gasteiger partial charge in [0.1, 0.15) is 11.9 Å². The van der Waals surface area contributed by atoms with Crippen molar-refractivity contribution in [2.75, 3.05) is 0 Å². The summed E-state index contributed by atoms with van der Waals surface area (Å²) in [6, 6.07) is 0. The van der Waals surface area contributed by atoms with Crippen molar-refractivity contribution in [3.05, 3.63) is 12.2 Å². The summed E-state index contributed by atoms with van der Waals surface area (Å²) in [5.41, 5.74) is 0.750. The first-order valence-corrected chi connectivity index (χ1v) is 7.01. The quantitative estimate of drug-likeness (QED) is 0.529. The topological polar surface area (TPSA) is 63.6 Å². The van der Waals surface area contributed by atoms with E-state index in [1.807, 2.05) is 13.8 Å². The van der Waals surface area contributed by atoms with Gasteiger partial charge in [0.25, 0.3) is 0 Å². The number of Topliss-reactive ketones (excluding diaryl/α,β-unsaturated/α-hetero) is 1. The lowest BCUT2D eigenvalue weighted by molar-refractivity contribution is -0.146. The van der Waals surface area contributed by atoms with E-state index in [9.17, 15) is 14.7 Å². The maximum Gasteiger partial charge on any atom is 0.309 e. The molecule has 3 fully saturated rings. The number of rotatable bonds is 0. The molecule has 0 amide bonds. The van der Waals surface area contributed by atoms with E-state index < -0.39 is 6.10 Å². The first-order chi connectivity index (χ1) is 8.91. The molecule has 104 valence electrons. The third kappa shape index (κ3) is 1.69. The van der Waals surface area contributed by atoms with E-state index in [0.29, 0.717) is 12.8 Å². The number of ether oxygens (including phenoxy) is 1. The van der Waals surface area contributed by atoms with E-state index in [1.54, 1.807) is 0 Å². The number of esters is 1. The highest BCUT2D eigenvalue weighted by Crippen LogP contribution is 2.51.